The van der Waals surface area contributed by atoms with Crippen molar-refractivity contribution in [1.29, 1.82) is 0 Å². The van der Waals surface area contributed by atoms with E-state index in [2.05, 4.69) is 15.6 Å². The van der Waals surface area contributed by atoms with Gasteiger partial charge in [0, 0.05) is 37.6 Å². The normalized spacial score (nSPS) is 14.9. The van der Waals surface area contributed by atoms with Crippen LogP contribution in [0, 0.1) is 0 Å². The summed E-state index contributed by atoms with van der Waals surface area (Å²) in [7, 11) is -0.486. The molecule has 1 aromatic heterocycles. The minimum absolute atomic E-state index is 0.240. The molecule has 12 heteroatoms. The number of rotatable bonds is 4. The molecule has 2 aromatic rings. The van der Waals surface area contributed by atoms with Crippen LogP contribution in [0.2, 0.25) is 10.0 Å². The molecule has 1 aromatic carbocycles. The highest BCUT2D eigenvalue weighted by atomic mass is 35.5. The van der Waals surface area contributed by atoms with Gasteiger partial charge in [-0.15, -0.1) is 0 Å². The molecule has 0 aliphatic carbocycles. The largest absolute Gasteiger partial charge is 0.325 e. The lowest BCUT2D eigenvalue weighted by molar-refractivity contribution is 0.262. The monoisotopic (exact) mass is 449 g/mol. The SMILES string of the molecule is CN(C)S(=O)(=O)N1CCc2nc(NC(=O)Nc3ccc(Cl)c(Cl)c3)sc2C1. The number of nitrogens with zero attached hydrogens (tertiary/aromatic N) is 3. The topological polar surface area (TPSA) is 94.6 Å². The fourth-order valence-corrected chi connectivity index (χ4v) is 4.96. The quantitative estimate of drug-likeness (QED) is 0.748. The molecular weight excluding hydrogens is 433 g/mol. The number of amides is 2. The molecule has 0 atom stereocenters. The van der Waals surface area contributed by atoms with Crippen molar-refractivity contribution >= 4 is 61.6 Å². The second-order valence-electron chi connectivity index (χ2n) is 5.97. The van der Waals surface area contributed by atoms with E-state index >= 15 is 0 Å². The van der Waals surface area contributed by atoms with Crippen LogP contribution in [0.4, 0.5) is 15.6 Å². The fourth-order valence-electron chi connectivity index (χ4n) is 2.49. The number of thiazole rings is 1. The van der Waals surface area contributed by atoms with Gasteiger partial charge in [-0.25, -0.2) is 9.78 Å². The minimum atomic E-state index is -3.48. The number of nitrogens with one attached hydrogen (secondary N) is 2. The predicted octanol–water partition coefficient (Wildman–Crippen LogP) is 3.26. The zero-order chi connectivity index (χ0) is 19.8. The van der Waals surface area contributed by atoms with E-state index in [1.54, 1.807) is 18.2 Å². The summed E-state index contributed by atoms with van der Waals surface area (Å²) in [6.45, 7) is 0.593. The average Bonchev–Trinajstić information content (AvgIpc) is 2.99. The zero-order valence-electron chi connectivity index (χ0n) is 14.5. The number of carbonyl (C=O) groups is 1. The molecular formula is C15H17Cl2N5O3S2. The highest BCUT2D eigenvalue weighted by Crippen LogP contribution is 2.30. The molecule has 2 N–H and O–H groups in total. The number of benzene rings is 1. The van der Waals surface area contributed by atoms with E-state index in [1.807, 2.05) is 0 Å². The first kappa shape index (κ1) is 20.3. The highest BCUT2D eigenvalue weighted by Gasteiger charge is 2.30. The van der Waals surface area contributed by atoms with Crippen LogP contribution in [-0.2, 0) is 23.2 Å². The molecule has 1 aliphatic rings. The van der Waals surface area contributed by atoms with E-state index in [0.29, 0.717) is 33.8 Å². The maximum absolute atomic E-state index is 12.3. The molecule has 3 rings (SSSR count). The summed E-state index contributed by atoms with van der Waals surface area (Å²) in [5.41, 5.74) is 1.29. The molecule has 2 heterocycles. The first-order chi connectivity index (χ1) is 12.7. The minimum Gasteiger partial charge on any atom is -0.308 e. The Labute approximate surface area is 171 Å². The Kier molecular flexibility index (Phi) is 5.94. The van der Waals surface area contributed by atoms with Gasteiger partial charge in [0.05, 0.1) is 22.3 Å². The lowest BCUT2D eigenvalue weighted by Gasteiger charge is -2.27. The summed E-state index contributed by atoms with van der Waals surface area (Å²) in [6.07, 6.45) is 0.495. The van der Waals surface area contributed by atoms with Crippen molar-refractivity contribution in [3.05, 3.63) is 38.8 Å². The van der Waals surface area contributed by atoms with Gasteiger partial charge in [0.1, 0.15) is 0 Å². The zero-order valence-corrected chi connectivity index (χ0v) is 17.6. The third-order valence-corrected chi connectivity index (χ3v) is 7.51. The predicted molar refractivity (Wildman–Crippen MR) is 108 cm³/mol. The Bertz CT molecular complexity index is 978. The van der Waals surface area contributed by atoms with Crippen LogP contribution in [-0.4, -0.2) is 48.7 Å². The molecule has 0 unspecified atom stereocenters. The van der Waals surface area contributed by atoms with Gasteiger partial charge in [-0.05, 0) is 18.2 Å². The van der Waals surface area contributed by atoms with Crippen molar-refractivity contribution in [2.75, 3.05) is 31.3 Å². The van der Waals surface area contributed by atoms with Crippen LogP contribution in [0.25, 0.3) is 0 Å². The molecule has 27 heavy (non-hydrogen) atoms. The van der Waals surface area contributed by atoms with E-state index in [4.69, 9.17) is 23.2 Å². The first-order valence-corrected chi connectivity index (χ1v) is 10.8. The van der Waals surface area contributed by atoms with Crippen molar-refractivity contribution in [1.82, 2.24) is 13.6 Å². The molecule has 0 saturated carbocycles. The Balaban J connectivity index is 1.67. The summed E-state index contributed by atoms with van der Waals surface area (Å²) in [5.74, 6) is 0. The number of anilines is 2. The Hall–Kier alpha value is -1.43. The van der Waals surface area contributed by atoms with Crippen LogP contribution in [0.3, 0.4) is 0 Å². The first-order valence-electron chi connectivity index (χ1n) is 7.86. The van der Waals surface area contributed by atoms with Crippen LogP contribution < -0.4 is 10.6 Å². The Morgan fingerprint density at radius 1 is 1.26 bits per heavy atom. The number of hydrogen-bond acceptors (Lipinski definition) is 5. The summed E-state index contributed by atoms with van der Waals surface area (Å²) in [4.78, 5) is 17.4. The standard InChI is InChI=1S/C15H17Cl2N5O3S2/c1-21(2)27(24,25)22-6-5-12-13(8-22)26-15(19-12)20-14(23)18-9-3-4-10(16)11(17)7-9/h3-4,7H,5-6,8H2,1-2H3,(H2,18,19,20,23). The second kappa shape index (κ2) is 7.90. The molecule has 2 amide bonds. The molecule has 0 spiro atoms. The molecule has 8 nitrogen and oxygen atoms in total. The lowest BCUT2D eigenvalue weighted by atomic mass is 10.2. The van der Waals surface area contributed by atoms with Crippen molar-refractivity contribution in [2.45, 2.75) is 13.0 Å². The lowest BCUT2D eigenvalue weighted by Crippen LogP contribution is -2.42. The number of hydrogen-bond donors (Lipinski definition) is 2. The van der Waals surface area contributed by atoms with Gasteiger partial charge >= 0.3 is 6.03 Å². The summed E-state index contributed by atoms with van der Waals surface area (Å²) >= 11 is 13.0. The van der Waals surface area contributed by atoms with Crippen molar-refractivity contribution in [2.24, 2.45) is 0 Å². The number of halogens is 2. The van der Waals surface area contributed by atoms with E-state index in [1.165, 1.54) is 34.0 Å². The molecule has 0 radical (unpaired) electrons. The summed E-state index contributed by atoms with van der Waals surface area (Å²) in [5, 5.41) is 6.44. The Morgan fingerprint density at radius 3 is 2.67 bits per heavy atom. The smallest absolute Gasteiger partial charge is 0.308 e. The van der Waals surface area contributed by atoms with E-state index < -0.39 is 16.2 Å². The summed E-state index contributed by atoms with van der Waals surface area (Å²) < 4.78 is 27.1. The van der Waals surface area contributed by atoms with Gasteiger partial charge in [0.15, 0.2) is 5.13 Å². The molecule has 0 saturated heterocycles. The van der Waals surface area contributed by atoms with Crippen LogP contribution >= 0.6 is 34.5 Å². The number of carbonyl (C=O) groups excluding carboxylic acids is 1. The van der Waals surface area contributed by atoms with E-state index in [9.17, 15) is 13.2 Å². The maximum atomic E-state index is 12.3. The van der Waals surface area contributed by atoms with Gasteiger partial charge in [-0.1, -0.05) is 34.5 Å². The molecule has 1 aliphatic heterocycles. The van der Waals surface area contributed by atoms with Crippen molar-refractivity contribution in [3.63, 3.8) is 0 Å². The number of fused-ring (bicyclic) bond motifs is 1. The number of urea groups is 1. The third-order valence-electron chi connectivity index (χ3n) is 3.88. The third kappa shape index (κ3) is 4.53. The second-order valence-corrected chi connectivity index (χ2v) is 10.0. The van der Waals surface area contributed by atoms with E-state index in [-0.39, 0.29) is 6.54 Å². The van der Waals surface area contributed by atoms with Crippen molar-refractivity contribution in [3.8, 4) is 0 Å². The highest BCUT2D eigenvalue weighted by molar-refractivity contribution is 7.86. The molecule has 0 bridgehead atoms. The van der Waals surface area contributed by atoms with Gasteiger partial charge in [-0.2, -0.15) is 17.0 Å². The van der Waals surface area contributed by atoms with Crippen LogP contribution in [0.1, 0.15) is 10.6 Å². The van der Waals surface area contributed by atoms with Gasteiger partial charge < -0.3 is 5.32 Å². The fraction of sp³-hybridized carbons (Fsp3) is 0.333. The Morgan fingerprint density at radius 2 is 2.00 bits per heavy atom. The van der Waals surface area contributed by atoms with Crippen molar-refractivity contribution < 1.29 is 13.2 Å². The molecule has 146 valence electrons. The van der Waals surface area contributed by atoms with Gasteiger partial charge in [0.25, 0.3) is 10.2 Å². The van der Waals surface area contributed by atoms with Gasteiger partial charge in [0.2, 0.25) is 0 Å². The summed E-state index contributed by atoms with van der Waals surface area (Å²) in [6, 6.07) is 4.28. The number of aromatic nitrogens is 1. The average molecular weight is 450 g/mol. The maximum Gasteiger partial charge on any atom is 0.325 e. The van der Waals surface area contributed by atoms with Crippen LogP contribution in [0.15, 0.2) is 18.2 Å². The van der Waals surface area contributed by atoms with Crippen LogP contribution in [0.5, 0.6) is 0 Å². The van der Waals surface area contributed by atoms with E-state index in [0.717, 1.165) is 10.6 Å². The molecule has 0 fully saturated rings. The van der Waals surface area contributed by atoms with Gasteiger partial charge in [-0.3, -0.25) is 5.32 Å².